The van der Waals surface area contributed by atoms with Gasteiger partial charge in [-0.15, -0.1) is 0 Å². The Labute approximate surface area is 70.3 Å². The quantitative estimate of drug-likeness (QED) is 0.660. The van der Waals surface area contributed by atoms with Crippen LogP contribution in [-0.2, 0) is 4.74 Å². The van der Waals surface area contributed by atoms with Gasteiger partial charge in [0.25, 0.3) is 0 Å². The van der Waals surface area contributed by atoms with Crippen molar-refractivity contribution >= 4 is 0 Å². The predicted octanol–water partition coefficient (Wildman–Crippen LogP) is 1.80. The highest BCUT2D eigenvalue weighted by molar-refractivity contribution is 4.62. The number of nitrogens with one attached hydrogen (secondary N) is 1. The molecule has 0 rings (SSSR count). The van der Waals surface area contributed by atoms with Gasteiger partial charge in [0.2, 0.25) is 0 Å². The predicted molar refractivity (Wildman–Crippen MR) is 48.8 cm³/mol. The first kappa shape index (κ1) is 10.9. The Morgan fingerprint density at radius 2 is 1.64 bits per heavy atom. The van der Waals surface area contributed by atoms with Gasteiger partial charge in [-0.2, -0.15) is 0 Å². The summed E-state index contributed by atoms with van der Waals surface area (Å²) in [7, 11) is 0. The second-order valence-corrected chi connectivity index (χ2v) is 3.60. The molecule has 0 aliphatic carbocycles. The topological polar surface area (TPSA) is 21.3 Å². The van der Waals surface area contributed by atoms with Crippen LogP contribution < -0.4 is 5.32 Å². The second-order valence-electron chi connectivity index (χ2n) is 3.60. The van der Waals surface area contributed by atoms with Crippen molar-refractivity contribution in [3.05, 3.63) is 0 Å². The first-order valence-corrected chi connectivity index (χ1v) is 4.40. The Morgan fingerprint density at radius 3 is 2.00 bits per heavy atom. The zero-order valence-corrected chi connectivity index (χ0v) is 8.35. The highest BCUT2D eigenvalue weighted by Crippen LogP contribution is 1.92. The smallest absolute Gasteiger partial charge is 0.0620 e. The fourth-order valence-corrected chi connectivity index (χ4v) is 0.954. The van der Waals surface area contributed by atoms with E-state index in [1.54, 1.807) is 0 Å². The van der Waals surface area contributed by atoms with E-state index in [0.717, 1.165) is 6.61 Å². The van der Waals surface area contributed by atoms with Gasteiger partial charge in [0.05, 0.1) is 12.7 Å². The summed E-state index contributed by atoms with van der Waals surface area (Å²) in [5.41, 5.74) is 0. The van der Waals surface area contributed by atoms with E-state index in [1.165, 1.54) is 0 Å². The maximum atomic E-state index is 5.44. The van der Waals surface area contributed by atoms with Gasteiger partial charge in [-0.3, -0.25) is 0 Å². The molecule has 2 heteroatoms. The molecule has 0 fully saturated rings. The van der Waals surface area contributed by atoms with Crippen LogP contribution in [0.5, 0.6) is 0 Å². The summed E-state index contributed by atoms with van der Waals surface area (Å²) in [5.74, 6) is 0. The molecule has 68 valence electrons. The van der Waals surface area contributed by atoms with Crippen molar-refractivity contribution in [1.82, 2.24) is 5.32 Å². The van der Waals surface area contributed by atoms with Crippen LogP contribution in [0.1, 0.15) is 34.6 Å². The molecule has 0 aromatic heterocycles. The van der Waals surface area contributed by atoms with Crippen molar-refractivity contribution in [3.63, 3.8) is 0 Å². The number of rotatable bonds is 5. The van der Waals surface area contributed by atoms with Crippen LogP contribution in [0, 0.1) is 0 Å². The maximum Gasteiger partial charge on any atom is 0.0620 e. The van der Waals surface area contributed by atoms with Gasteiger partial charge in [-0.05, 0) is 20.8 Å². The monoisotopic (exact) mass is 159 g/mol. The van der Waals surface area contributed by atoms with Crippen LogP contribution in [0.25, 0.3) is 0 Å². The van der Waals surface area contributed by atoms with Crippen molar-refractivity contribution in [3.8, 4) is 0 Å². The summed E-state index contributed by atoms with van der Waals surface area (Å²) in [4.78, 5) is 0. The summed E-state index contributed by atoms with van der Waals surface area (Å²) >= 11 is 0. The van der Waals surface area contributed by atoms with E-state index >= 15 is 0 Å². The van der Waals surface area contributed by atoms with Crippen molar-refractivity contribution in [1.29, 1.82) is 0 Å². The molecule has 11 heavy (non-hydrogen) atoms. The normalized spacial score (nSPS) is 14.5. The highest BCUT2D eigenvalue weighted by atomic mass is 16.5. The van der Waals surface area contributed by atoms with E-state index in [0.29, 0.717) is 18.2 Å². The van der Waals surface area contributed by atoms with Crippen LogP contribution >= 0.6 is 0 Å². The van der Waals surface area contributed by atoms with Gasteiger partial charge in [-0.1, -0.05) is 13.8 Å². The summed E-state index contributed by atoms with van der Waals surface area (Å²) in [6.45, 7) is 11.3. The molecule has 0 spiro atoms. The van der Waals surface area contributed by atoms with Gasteiger partial charge < -0.3 is 10.1 Å². The molecule has 0 saturated heterocycles. The Morgan fingerprint density at radius 1 is 1.09 bits per heavy atom. The van der Waals surface area contributed by atoms with E-state index in [1.807, 2.05) is 0 Å². The number of hydrogen-bond acceptors (Lipinski definition) is 2. The summed E-state index contributed by atoms with van der Waals surface area (Å²) in [6.07, 6.45) is 0.339. The standard InChI is InChI=1S/C9H21NO/c1-7(2)10-9(5)6-11-8(3)4/h7-10H,6H2,1-5H3/t9-/m0/s1. The first-order valence-electron chi connectivity index (χ1n) is 4.40. The fourth-order valence-electron chi connectivity index (χ4n) is 0.954. The van der Waals surface area contributed by atoms with Crippen LogP contribution in [0.15, 0.2) is 0 Å². The molecule has 0 aliphatic heterocycles. The SMILES string of the molecule is CC(C)N[C@@H](C)COC(C)C. The van der Waals surface area contributed by atoms with Gasteiger partial charge in [0.1, 0.15) is 0 Å². The molecular formula is C9H21NO. The molecule has 0 aromatic rings. The van der Waals surface area contributed by atoms with Crippen LogP contribution in [0.4, 0.5) is 0 Å². The Balaban J connectivity index is 3.29. The lowest BCUT2D eigenvalue weighted by Gasteiger charge is -2.18. The van der Waals surface area contributed by atoms with Crippen LogP contribution in [0.3, 0.4) is 0 Å². The first-order chi connectivity index (χ1) is 5.02. The maximum absolute atomic E-state index is 5.44. The third-order valence-electron chi connectivity index (χ3n) is 1.30. The summed E-state index contributed by atoms with van der Waals surface area (Å²) in [6, 6.07) is 0.998. The molecule has 1 N–H and O–H groups in total. The molecular weight excluding hydrogens is 138 g/mol. The third-order valence-corrected chi connectivity index (χ3v) is 1.30. The lowest BCUT2D eigenvalue weighted by molar-refractivity contribution is 0.0630. The van der Waals surface area contributed by atoms with Crippen molar-refractivity contribution in [2.45, 2.75) is 52.8 Å². The molecule has 0 heterocycles. The number of ether oxygens (including phenoxy) is 1. The highest BCUT2D eigenvalue weighted by Gasteiger charge is 2.03. The van der Waals surface area contributed by atoms with Crippen molar-refractivity contribution < 1.29 is 4.74 Å². The van der Waals surface area contributed by atoms with Gasteiger partial charge >= 0.3 is 0 Å². The van der Waals surface area contributed by atoms with Crippen molar-refractivity contribution in [2.75, 3.05) is 6.61 Å². The molecule has 0 aliphatic rings. The van der Waals surface area contributed by atoms with E-state index < -0.39 is 0 Å². The Kier molecular flexibility index (Phi) is 5.51. The van der Waals surface area contributed by atoms with E-state index in [9.17, 15) is 0 Å². The van der Waals surface area contributed by atoms with Gasteiger partial charge in [-0.25, -0.2) is 0 Å². The zero-order valence-electron chi connectivity index (χ0n) is 8.35. The molecule has 2 nitrogen and oxygen atoms in total. The molecule has 0 radical (unpaired) electrons. The minimum absolute atomic E-state index is 0.339. The van der Waals surface area contributed by atoms with Crippen LogP contribution in [0.2, 0.25) is 0 Å². The van der Waals surface area contributed by atoms with Gasteiger partial charge in [0.15, 0.2) is 0 Å². The average molecular weight is 159 g/mol. The molecule has 0 unspecified atom stereocenters. The lowest BCUT2D eigenvalue weighted by atomic mass is 10.3. The second kappa shape index (κ2) is 5.56. The average Bonchev–Trinajstić information content (AvgIpc) is 1.82. The molecule has 0 saturated carbocycles. The molecule has 0 aromatic carbocycles. The summed E-state index contributed by atoms with van der Waals surface area (Å²) < 4.78 is 5.44. The lowest BCUT2D eigenvalue weighted by Crippen LogP contribution is -2.36. The third kappa shape index (κ3) is 7.82. The number of hydrogen-bond donors (Lipinski definition) is 1. The zero-order chi connectivity index (χ0) is 8.85. The Bertz CT molecular complexity index is 91.6. The summed E-state index contributed by atoms with van der Waals surface area (Å²) in [5, 5.41) is 3.37. The molecule has 0 bridgehead atoms. The largest absolute Gasteiger partial charge is 0.377 e. The molecule has 0 amide bonds. The van der Waals surface area contributed by atoms with E-state index in [2.05, 4.69) is 39.9 Å². The fraction of sp³-hybridized carbons (Fsp3) is 1.00. The minimum Gasteiger partial charge on any atom is -0.377 e. The van der Waals surface area contributed by atoms with E-state index in [-0.39, 0.29) is 0 Å². The minimum atomic E-state index is 0.339. The van der Waals surface area contributed by atoms with E-state index in [4.69, 9.17) is 4.74 Å². The molecule has 1 atom stereocenters. The van der Waals surface area contributed by atoms with Crippen LogP contribution in [-0.4, -0.2) is 24.8 Å². The van der Waals surface area contributed by atoms with Crippen molar-refractivity contribution in [2.24, 2.45) is 0 Å². The van der Waals surface area contributed by atoms with Gasteiger partial charge in [0, 0.05) is 12.1 Å². The Hall–Kier alpha value is -0.0800.